The minimum Gasteiger partial charge on any atom is -0.342 e. The Morgan fingerprint density at radius 2 is 1.70 bits per heavy atom. The maximum atomic E-state index is 12.5. The summed E-state index contributed by atoms with van der Waals surface area (Å²) in [7, 11) is 0. The van der Waals surface area contributed by atoms with E-state index in [1.54, 1.807) is 0 Å². The van der Waals surface area contributed by atoms with E-state index in [4.69, 9.17) is 0 Å². The molecule has 4 nitrogen and oxygen atoms in total. The summed E-state index contributed by atoms with van der Waals surface area (Å²) in [5.41, 5.74) is 3.73. The predicted molar refractivity (Wildman–Crippen MR) is 89.1 cm³/mol. The third-order valence-corrected chi connectivity index (χ3v) is 5.47. The van der Waals surface area contributed by atoms with E-state index in [1.807, 2.05) is 11.0 Å². The van der Waals surface area contributed by atoms with Gasteiger partial charge in [0.05, 0.1) is 0 Å². The number of aryl methyl sites for hydroxylation is 2. The van der Waals surface area contributed by atoms with Gasteiger partial charge in [-0.1, -0.05) is 6.07 Å². The summed E-state index contributed by atoms with van der Waals surface area (Å²) >= 11 is 0. The fourth-order valence-electron chi connectivity index (χ4n) is 3.84. The topological polar surface area (TPSA) is 49.4 Å². The van der Waals surface area contributed by atoms with Gasteiger partial charge < -0.3 is 10.2 Å². The number of carbonyl (C=O) groups excluding carboxylic acids is 2. The van der Waals surface area contributed by atoms with Gasteiger partial charge in [-0.05, 0) is 68.2 Å². The maximum Gasteiger partial charge on any atom is 0.227 e. The summed E-state index contributed by atoms with van der Waals surface area (Å²) in [6.45, 7) is 1.47. The van der Waals surface area contributed by atoms with Crippen molar-refractivity contribution in [2.45, 2.75) is 44.9 Å². The first-order valence-electron chi connectivity index (χ1n) is 8.92. The zero-order valence-electron chi connectivity index (χ0n) is 13.5. The molecule has 0 spiro atoms. The molecule has 3 aliphatic rings. The van der Waals surface area contributed by atoms with Gasteiger partial charge in [-0.3, -0.25) is 9.59 Å². The summed E-state index contributed by atoms with van der Waals surface area (Å²) in [6.07, 6.45) is 7.19. The molecule has 0 bridgehead atoms. The zero-order chi connectivity index (χ0) is 15.8. The van der Waals surface area contributed by atoms with Gasteiger partial charge in [0, 0.05) is 30.6 Å². The second kappa shape index (κ2) is 5.99. The Balaban J connectivity index is 1.32. The van der Waals surface area contributed by atoms with Crippen LogP contribution in [0.4, 0.5) is 5.69 Å². The first-order valence-corrected chi connectivity index (χ1v) is 8.92. The Labute approximate surface area is 137 Å². The van der Waals surface area contributed by atoms with Gasteiger partial charge in [0.25, 0.3) is 0 Å². The summed E-state index contributed by atoms with van der Waals surface area (Å²) in [5, 5.41) is 3.08. The van der Waals surface area contributed by atoms with E-state index in [0.29, 0.717) is 5.91 Å². The van der Waals surface area contributed by atoms with Gasteiger partial charge in [-0.2, -0.15) is 0 Å². The molecule has 0 atom stereocenters. The Morgan fingerprint density at radius 3 is 2.43 bits per heavy atom. The highest BCUT2D eigenvalue weighted by Gasteiger charge is 2.35. The maximum absolute atomic E-state index is 12.5. The molecule has 23 heavy (non-hydrogen) atoms. The van der Waals surface area contributed by atoms with Crippen molar-refractivity contribution in [1.29, 1.82) is 0 Å². The lowest BCUT2D eigenvalue weighted by Crippen LogP contribution is -2.42. The molecule has 1 aromatic rings. The minimum atomic E-state index is 0.0338. The molecule has 4 rings (SSSR count). The average molecular weight is 312 g/mol. The number of benzene rings is 1. The van der Waals surface area contributed by atoms with Gasteiger partial charge in [0.1, 0.15) is 0 Å². The number of nitrogens with one attached hydrogen (secondary N) is 1. The molecule has 0 aromatic heterocycles. The molecular formula is C19H24N2O2. The summed E-state index contributed by atoms with van der Waals surface area (Å²) in [5.74, 6) is 0.738. The van der Waals surface area contributed by atoms with Crippen molar-refractivity contribution in [2.75, 3.05) is 18.4 Å². The number of amides is 2. The van der Waals surface area contributed by atoms with Gasteiger partial charge in [0.15, 0.2) is 0 Å². The molecule has 1 saturated heterocycles. The molecule has 4 heteroatoms. The van der Waals surface area contributed by atoms with E-state index in [0.717, 1.165) is 57.3 Å². The highest BCUT2D eigenvalue weighted by atomic mass is 16.2. The molecule has 0 radical (unpaired) electrons. The van der Waals surface area contributed by atoms with Crippen molar-refractivity contribution in [3.8, 4) is 0 Å². The summed E-state index contributed by atoms with van der Waals surface area (Å²) in [6, 6.07) is 6.30. The van der Waals surface area contributed by atoms with Crippen LogP contribution >= 0.6 is 0 Å². The molecule has 2 fully saturated rings. The molecule has 2 amide bonds. The second-order valence-electron chi connectivity index (χ2n) is 7.20. The predicted octanol–water partition coefficient (Wildman–Crippen LogP) is 2.76. The lowest BCUT2D eigenvalue weighted by molar-refractivity contribution is -0.135. The van der Waals surface area contributed by atoms with E-state index in [9.17, 15) is 9.59 Å². The molecule has 2 aliphatic carbocycles. The van der Waals surface area contributed by atoms with Crippen LogP contribution in [0.3, 0.4) is 0 Å². The van der Waals surface area contributed by atoms with Crippen LogP contribution in [-0.4, -0.2) is 29.8 Å². The highest BCUT2D eigenvalue weighted by molar-refractivity contribution is 5.93. The van der Waals surface area contributed by atoms with Gasteiger partial charge >= 0.3 is 0 Å². The van der Waals surface area contributed by atoms with Crippen LogP contribution in [0.15, 0.2) is 18.2 Å². The Morgan fingerprint density at radius 1 is 0.957 bits per heavy atom. The molecule has 1 saturated carbocycles. The number of fused-ring (bicyclic) bond motifs is 1. The fourth-order valence-corrected chi connectivity index (χ4v) is 3.84. The lowest BCUT2D eigenvalue weighted by atomic mass is 9.95. The third-order valence-electron chi connectivity index (χ3n) is 5.47. The molecule has 0 unspecified atom stereocenters. The third kappa shape index (κ3) is 3.12. The van der Waals surface area contributed by atoms with E-state index in [2.05, 4.69) is 17.4 Å². The highest BCUT2D eigenvalue weighted by Crippen LogP contribution is 2.32. The number of hydrogen-bond acceptors (Lipinski definition) is 2. The molecule has 122 valence electrons. The van der Waals surface area contributed by atoms with Crippen molar-refractivity contribution in [2.24, 2.45) is 11.8 Å². The zero-order valence-corrected chi connectivity index (χ0v) is 13.5. The Kier molecular flexibility index (Phi) is 3.83. The number of nitrogens with zero attached hydrogens (tertiary/aromatic N) is 1. The van der Waals surface area contributed by atoms with Gasteiger partial charge in [-0.15, -0.1) is 0 Å². The SMILES string of the molecule is O=C(Nc1ccc2c(c1)CCC2)C1CCN(C(=O)C2CC2)CC1. The standard InChI is InChI=1S/C19H24N2O2/c22-18(20-17-7-6-13-2-1-3-16(13)12-17)14-8-10-21(11-9-14)19(23)15-4-5-15/h6-7,12,14-15H,1-5,8-11H2,(H,20,22). The number of rotatable bonds is 3. The van der Waals surface area contributed by atoms with Crippen molar-refractivity contribution in [1.82, 2.24) is 4.90 Å². The van der Waals surface area contributed by atoms with E-state index >= 15 is 0 Å². The smallest absolute Gasteiger partial charge is 0.227 e. The Bertz CT molecular complexity index is 628. The summed E-state index contributed by atoms with van der Waals surface area (Å²) in [4.78, 5) is 26.5. The average Bonchev–Trinajstić information content (AvgIpc) is 3.32. The molecule has 1 aromatic carbocycles. The number of hydrogen-bond donors (Lipinski definition) is 1. The van der Waals surface area contributed by atoms with Crippen molar-refractivity contribution in [3.63, 3.8) is 0 Å². The van der Waals surface area contributed by atoms with E-state index in [-0.39, 0.29) is 17.7 Å². The van der Waals surface area contributed by atoms with Crippen LogP contribution in [0, 0.1) is 11.8 Å². The molecular weight excluding hydrogens is 288 g/mol. The normalized spacial score (nSPS) is 21.1. The Hall–Kier alpha value is -1.84. The van der Waals surface area contributed by atoms with Crippen molar-refractivity contribution >= 4 is 17.5 Å². The van der Waals surface area contributed by atoms with Crippen LogP contribution in [0.25, 0.3) is 0 Å². The van der Waals surface area contributed by atoms with Crippen LogP contribution in [0.5, 0.6) is 0 Å². The molecule has 1 heterocycles. The monoisotopic (exact) mass is 312 g/mol. The summed E-state index contributed by atoms with van der Waals surface area (Å²) < 4.78 is 0. The van der Waals surface area contributed by atoms with E-state index < -0.39 is 0 Å². The fraction of sp³-hybridized carbons (Fsp3) is 0.579. The number of anilines is 1. The van der Waals surface area contributed by atoms with Gasteiger partial charge in [-0.25, -0.2) is 0 Å². The number of carbonyl (C=O) groups is 2. The van der Waals surface area contributed by atoms with Crippen LogP contribution in [-0.2, 0) is 22.4 Å². The van der Waals surface area contributed by atoms with Crippen LogP contribution < -0.4 is 5.32 Å². The molecule has 1 aliphatic heterocycles. The first-order chi connectivity index (χ1) is 11.2. The second-order valence-corrected chi connectivity index (χ2v) is 7.20. The van der Waals surface area contributed by atoms with E-state index in [1.165, 1.54) is 17.5 Å². The number of likely N-dealkylation sites (tertiary alicyclic amines) is 1. The van der Waals surface area contributed by atoms with Crippen LogP contribution in [0.1, 0.15) is 43.2 Å². The van der Waals surface area contributed by atoms with Crippen molar-refractivity contribution in [3.05, 3.63) is 29.3 Å². The number of piperidine rings is 1. The quantitative estimate of drug-likeness (QED) is 0.933. The molecule has 1 N–H and O–H groups in total. The van der Waals surface area contributed by atoms with Gasteiger partial charge in [0.2, 0.25) is 11.8 Å². The lowest BCUT2D eigenvalue weighted by Gasteiger charge is -2.31. The minimum absolute atomic E-state index is 0.0338. The largest absolute Gasteiger partial charge is 0.342 e. The van der Waals surface area contributed by atoms with Crippen molar-refractivity contribution < 1.29 is 9.59 Å². The first kappa shape index (κ1) is 14.7. The van der Waals surface area contributed by atoms with Crippen LogP contribution in [0.2, 0.25) is 0 Å².